The van der Waals surface area contributed by atoms with Gasteiger partial charge in [0.15, 0.2) is 11.5 Å². The summed E-state index contributed by atoms with van der Waals surface area (Å²) in [6.45, 7) is 3.61. The van der Waals surface area contributed by atoms with Crippen LogP contribution in [0.2, 0.25) is 0 Å². The van der Waals surface area contributed by atoms with E-state index in [1.165, 1.54) is 0 Å². The van der Waals surface area contributed by atoms with Gasteiger partial charge >= 0.3 is 0 Å². The highest BCUT2D eigenvalue weighted by Crippen LogP contribution is 2.36. The average Bonchev–Trinajstić information content (AvgIpc) is 3.43. The number of nitrogens with zero attached hydrogens (tertiary/aromatic N) is 3. The zero-order valence-corrected chi connectivity index (χ0v) is 16.1. The molecule has 0 unspecified atom stereocenters. The molecule has 3 heterocycles. The molecule has 0 aliphatic carbocycles. The van der Waals surface area contributed by atoms with Crippen molar-refractivity contribution in [1.82, 2.24) is 15.0 Å². The van der Waals surface area contributed by atoms with Crippen LogP contribution in [0.25, 0.3) is 11.4 Å². The number of fused-ring (bicyclic) bond motifs is 1. The van der Waals surface area contributed by atoms with Crippen LogP contribution in [0.4, 0.5) is 0 Å². The fourth-order valence-electron chi connectivity index (χ4n) is 3.76. The highest BCUT2D eigenvalue weighted by molar-refractivity contribution is 5.94. The Labute approximate surface area is 168 Å². The maximum absolute atomic E-state index is 12.7. The van der Waals surface area contributed by atoms with Gasteiger partial charge in [0.1, 0.15) is 0 Å². The lowest BCUT2D eigenvalue weighted by Gasteiger charge is -2.30. The van der Waals surface area contributed by atoms with Crippen LogP contribution >= 0.6 is 0 Å². The maximum Gasteiger partial charge on any atom is 0.253 e. The summed E-state index contributed by atoms with van der Waals surface area (Å²) in [5, 5.41) is 4.13. The van der Waals surface area contributed by atoms with Crippen LogP contribution in [-0.4, -0.2) is 40.8 Å². The largest absolute Gasteiger partial charge is 0.454 e. The van der Waals surface area contributed by atoms with Gasteiger partial charge in [0, 0.05) is 30.1 Å². The van der Waals surface area contributed by atoms with E-state index in [9.17, 15) is 4.79 Å². The fourth-order valence-corrected chi connectivity index (χ4v) is 3.76. The van der Waals surface area contributed by atoms with Crippen molar-refractivity contribution in [2.24, 2.45) is 0 Å². The molecule has 1 fully saturated rings. The van der Waals surface area contributed by atoms with E-state index in [-0.39, 0.29) is 18.6 Å². The maximum atomic E-state index is 12.7. The zero-order valence-electron chi connectivity index (χ0n) is 16.1. The zero-order chi connectivity index (χ0) is 19.8. The monoisotopic (exact) mass is 391 g/mol. The molecule has 0 atom stereocenters. The molecule has 2 aliphatic rings. The Bertz CT molecular complexity index is 1040. The minimum absolute atomic E-state index is 0.0787. The van der Waals surface area contributed by atoms with Crippen molar-refractivity contribution in [1.29, 1.82) is 0 Å². The van der Waals surface area contributed by atoms with Gasteiger partial charge in [-0.3, -0.25) is 4.79 Å². The highest BCUT2D eigenvalue weighted by atomic mass is 16.7. The molecule has 2 aliphatic heterocycles. The number of hydrogen-bond donors (Lipinski definition) is 0. The Kier molecular flexibility index (Phi) is 4.42. The van der Waals surface area contributed by atoms with Gasteiger partial charge in [0.25, 0.3) is 5.91 Å². The Balaban J connectivity index is 1.25. The minimum atomic E-state index is 0.0787. The normalized spacial score (nSPS) is 16.2. The topological polar surface area (TPSA) is 77.7 Å². The van der Waals surface area contributed by atoms with Crippen molar-refractivity contribution >= 4 is 5.91 Å². The molecule has 148 valence electrons. The van der Waals surface area contributed by atoms with Gasteiger partial charge in [-0.1, -0.05) is 22.9 Å². The van der Waals surface area contributed by atoms with Crippen molar-refractivity contribution in [3.8, 4) is 22.9 Å². The van der Waals surface area contributed by atoms with Crippen LogP contribution in [0.15, 0.2) is 47.0 Å². The summed E-state index contributed by atoms with van der Waals surface area (Å²) in [6.07, 6.45) is 1.61. The standard InChI is InChI=1S/C22H21N3O4/c1-14-2-4-16(5-3-14)22(26)25-10-8-15(9-11-25)21-23-20(24-29-21)17-6-7-18-19(12-17)28-13-27-18/h2-7,12,15H,8-11,13H2,1H3. The van der Waals surface area contributed by atoms with Crippen molar-refractivity contribution in [2.45, 2.75) is 25.7 Å². The Morgan fingerprint density at radius 3 is 2.59 bits per heavy atom. The van der Waals surface area contributed by atoms with Gasteiger partial charge in [0.05, 0.1) is 0 Å². The molecule has 7 heteroatoms. The Morgan fingerprint density at radius 2 is 1.79 bits per heavy atom. The first-order chi connectivity index (χ1) is 14.2. The third kappa shape index (κ3) is 3.44. The molecule has 7 nitrogen and oxygen atoms in total. The highest BCUT2D eigenvalue weighted by Gasteiger charge is 2.28. The lowest BCUT2D eigenvalue weighted by Crippen LogP contribution is -2.38. The third-order valence-electron chi connectivity index (χ3n) is 5.50. The molecule has 29 heavy (non-hydrogen) atoms. The van der Waals surface area contributed by atoms with Gasteiger partial charge in [-0.25, -0.2) is 0 Å². The van der Waals surface area contributed by atoms with Crippen LogP contribution in [0.5, 0.6) is 11.5 Å². The smallest absolute Gasteiger partial charge is 0.253 e. The lowest BCUT2D eigenvalue weighted by atomic mass is 9.96. The summed E-state index contributed by atoms with van der Waals surface area (Å²) in [6, 6.07) is 13.3. The molecule has 0 spiro atoms. The molecule has 0 radical (unpaired) electrons. The number of likely N-dealkylation sites (tertiary alicyclic amines) is 1. The molecule has 0 N–H and O–H groups in total. The van der Waals surface area contributed by atoms with E-state index in [1.807, 2.05) is 54.3 Å². The number of piperidine rings is 1. The number of aryl methyl sites for hydroxylation is 1. The summed E-state index contributed by atoms with van der Waals surface area (Å²) in [5.41, 5.74) is 2.71. The van der Waals surface area contributed by atoms with Crippen LogP contribution in [0, 0.1) is 6.92 Å². The van der Waals surface area contributed by atoms with E-state index in [1.54, 1.807) is 0 Å². The van der Waals surface area contributed by atoms with Gasteiger partial charge in [0.2, 0.25) is 18.5 Å². The molecule has 3 aromatic rings. The molecule has 0 saturated carbocycles. The predicted molar refractivity (Wildman–Crippen MR) is 105 cm³/mol. The van der Waals surface area contributed by atoms with Gasteiger partial charge in [-0.2, -0.15) is 4.98 Å². The van der Waals surface area contributed by atoms with Crippen LogP contribution in [0.3, 0.4) is 0 Å². The number of aromatic nitrogens is 2. The van der Waals surface area contributed by atoms with Crippen molar-refractivity contribution in [3.63, 3.8) is 0 Å². The van der Waals surface area contributed by atoms with Crippen molar-refractivity contribution in [2.75, 3.05) is 19.9 Å². The van der Waals surface area contributed by atoms with Crippen molar-refractivity contribution < 1.29 is 18.8 Å². The molecular formula is C22H21N3O4. The number of ether oxygens (including phenoxy) is 2. The molecule has 1 saturated heterocycles. The fraction of sp³-hybridized carbons (Fsp3) is 0.318. The summed E-state index contributed by atoms with van der Waals surface area (Å²) >= 11 is 0. The van der Waals surface area contributed by atoms with Gasteiger partial charge in [-0.05, 0) is 50.1 Å². The van der Waals surface area contributed by atoms with Crippen LogP contribution < -0.4 is 9.47 Å². The predicted octanol–water partition coefficient (Wildman–Crippen LogP) is 3.79. The van der Waals surface area contributed by atoms with E-state index in [2.05, 4.69) is 10.1 Å². The Hall–Kier alpha value is -3.35. The number of carbonyl (C=O) groups is 1. The number of amides is 1. The van der Waals surface area contributed by atoms with Gasteiger partial charge in [-0.15, -0.1) is 0 Å². The van der Waals surface area contributed by atoms with Crippen molar-refractivity contribution in [3.05, 3.63) is 59.5 Å². The minimum Gasteiger partial charge on any atom is -0.454 e. The van der Waals surface area contributed by atoms with E-state index >= 15 is 0 Å². The van der Waals surface area contributed by atoms with E-state index in [0.717, 1.165) is 35.3 Å². The molecule has 1 aromatic heterocycles. The molecule has 0 bridgehead atoms. The molecule has 5 rings (SSSR count). The molecule has 2 aromatic carbocycles. The molecular weight excluding hydrogens is 370 g/mol. The molecule has 1 amide bonds. The summed E-state index contributed by atoms with van der Waals surface area (Å²) in [7, 11) is 0. The first kappa shape index (κ1) is 17.7. The van der Waals surface area contributed by atoms with E-state index in [4.69, 9.17) is 14.0 Å². The number of benzene rings is 2. The first-order valence-corrected chi connectivity index (χ1v) is 9.77. The second-order valence-corrected chi connectivity index (χ2v) is 7.46. The number of hydrogen-bond acceptors (Lipinski definition) is 6. The third-order valence-corrected chi connectivity index (χ3v) is 5.50. The summed E-state index contributed by atoms with van der Waals surface area (Å²) in [5.74, 6) is 2.82. The summed E-state index contributed by atoms with van der Waals surface area (Å²) in [4.78, 5) is 19.2. The second-order valence-electron chi connectivity index (χ2n) is 7.46. The van der Waals surface area contributed by atoms with E-state index < -0.39 is 0 Å². The number of rotatable bonds is 3. The van der Waals surface area contributed by atoms with Gasteiger partial charge < -0.3 is 18.9 Å². The average molecular weight is 391 g/mol. The van der Waals surface area contributed by atoms with Crippen LogP contribution in [-0.2, 0) is 0 Å². The van der Waals surface area contributed by atoms with Crippen LogP contribution in [0.1, 0.15) is 40.6 Å². The lowest BCUT2D eigenvalue weighted by molar-refractivity contribution is 0.0704. The SMILES string of the molecule is Cc1ccc(C(=O)N2CCC(c3nc(-c4ccc5c(c4)OCO5)no3)CC2)cc1. The summed E-state index contributed by atoms with van der Waals surface area (Å²) < 4.78 is 16.3. The quantitative estimate of drug-likeness (QED) is 0.676. The first-order valence-electron chi connectivity index (χ1n) is 9.77. The second kappa shape index (κ2) is 7.24. The Morgan fingerprint density at radius 1 is 1.03 bits per heavy atom. The number of carbonyl (C=O) groups excluding carboxylic acids is 1. The van der Waals surface area contributed by atoms with E-state index in [0.29, 0.717) is 30.6 Å².